The smallest absolute Gasteiger partial charge is 0.118 e. The molecule has 0 saturated carbocycles. The van der Waals surface area contributed by atoms with Crippen molar-refractivity contribution in [3.8, 4) is 0 Å². The molecule has 1 unspecified atom stereocenters. The summed E-state index contributed by atoms with van der Waals surface area (Å²) in [6.45, 7) is 11.8. The van der Waals surface area contributed by atoms with Gasteiger partial charge in [0.2, 0.25) is 0 Å². The summed E-state index contributed by atoms with van der Waals surface area (Å²) in [5, 5.41) is 0. The van der Waals surface area contributed by atoms with Crippen LogP contribution in [0.3, 0.4) is 0 Å². The van der Waals surface area contributed by atoms with Gasteiger partial charge in [-0.1, -0.05) is 63.5 Å². The summed E-state index contributed by atoms with van der Waals surface area (Å²) in [7, 11) is 1.64. The van der Waals surface area contributed by atoms with Crippen LogP contribution in [0.25, 0.3) is 0 Å². The highest BCUT2D eigenvalue weighted by atomic mass is 16.5. The number of ether oxygens (including phenoxy) is 2. The summed E-state index contributed by atoms with van der Waals surface area (Å²) in [4.78, 5) is 0. The Labute approximate surface area is 131 Å². The van der Waals surface area contributed by atoms with Crippen LogP contribution in [0.15, 0.2) is 48.3 Å². The van der Waals surface area contributed by atoms with Gasteiger partial charge in [-0.05, 0) is 31.4 Å². The molecule has 0 heterocycles. The molecule has 0 bridgehead atoms. The highest BCUT2D eigenvalue weighted by Crippen LogP contribution is 2.12. The van der Waals surface area contributed by atoms with E-state index in [2.05, 4.69) is 39.5 Å². The van der Waals surface area contributed by atoms with Gasteiger partial charge in [-0.25, -0.2) is 0 Å². The van der Waals surface area contributed by atoms with E-state index in [1.165, 1.54) is 25.7 Å². The highest BCUT2D eigenvalue weighted by Gasteiger charge is 2.04. The van der Waals surface area contributed by atoms with Crippen molar-refractivity contribution in [2.24, 2.45) is 5.92 Å². The molecule has 2 nitrogen and oxygen atoms in total. The molecule has 1 atom stereocenters. The van der Waals surface area contributed by atoms with E-state index in [1.54, 1.807) is 13.2 Å². The molecule has 0 radical (unpaired) electrons. The maximum atomic E-state index is 5.73. The molecule has 0 amide bonds. The Morgan fingerprint density at radius 1 is 1.24 bits per heavy atom. The number of hydrogen-bond acceptors (Lipinski definition) is 2. The predicted octanol–water partition coefficient (Wildman–Crippen LogP) is 5.44. The van der Waals surface area contributed by atoms with Gasteiger partial charge >= 0.3 is 0 Å². The minimum atomic E-state index is 0.677. The monoisotopic (exact) mass is 292 g/mol. The third-order valence-corrected chi connectivity index (χ3v) is 3.44. The lowest BCUT2D eigenvalue weighted by molar-refractivity contribution is 0.116. The molecule has 0 rings (SSSR count). The lowest BCUT2D eigenvalue weighted by Gasteiger charge is -2.13. The third-order valence-electron chi connectivity index (χ3n) is 3.44. The minimum absolute atomic E-state index is 0.677. The van der Waals surface area contributed by atoms with Crippen LogP contribution in [-0.2, 0) is 9.47 Å². The van der Waals surface area contributed by atoms with E-state index in [9.17, 15) is 0 Å². The Morgan fingerprint density at radius 2 is 2.00 bits per heavy atom. The largest absolute Gasteiger partial charge is 0.497 e. The summed E-state index contributed by atoms with van der Waals surface area (Å²) in [5.41, 5.74) is 1.16. The molecular weight excluding hydrogens is 260 g/mol. The summed E-state index contributed by atoms with van der Waals surface area (Å²) in [6, 6.07) is 0. The molecule has 2 heteroatoms. The number of rotatable bonds is 12. The number of allylic oxidation sites excluding steroid dienone is 5. The van der Waals surface area contributed by atoms with Gasteiger partial charge in [0, 0.05) is 6.61 Å². The van der Waals surface area contributed by atoms with E-state index in [4.69, 9.17) is 9.47 Å². The van der Waals surface area contributed by atoms with Gasteiger partial charge in [-0.15, -0.1) is 0 Å². The number of methoxy groups -OCH3 is 1. The van der Waals surface area contributed by atoms with Crippen LogP contribution in [0, 0.1) is 5.92 Å². The average Bonchev–Trinajstić information content (AvgIpc) is 2.51. The summed E-state index contributed by atoms with van der Waals surface area (Å²) in [5.74, 6) is 1.47. The van der Waals surface area contributed by atoms with E-state index < -0.39 is 0 Å². The first kappa shape index (κ1) is 19.7. The summed E-state index contributed by atoms with van der Waals surface area (Å²) >= 11 is 0. The molecule has 0 aromatic rings. The molecule has 0 spiro atoms. The van der Waals surface area contributed by atoms with Crippen LogP contribution in [-0.4, -0.2) is 20.3 Å². The SMILES string of the molecule is C=C\C(=C/C=C(C)/C=C/COCC(CC)CCCC)OC. The molecule has 0 aliphatic heterocycles. The molecule has 0 aliphatic carbocycles. The molecule has 0 fully saturated rings. The average molecular weight is 292 g/mol. The van der Waals surface area contributed by atoms with E-state index >= 15 is 0 Å². The van der Waals surface area contributed by atoms with Crippen LogP contribution in [0.2, 0.25) is 0 Å². The molecule has 21 heavy (non-hydrogen) atoms. The van der Waals surface area contributed by atoms with Gasteiger partial charge < -0.3 is 9.47 Å². The maximum absolute atomic E-state index is 5.73. The Balaban J connectivity index is 4.02. The fourth-order valence-corrected chi connectivity index (χ4v) is 1.92. The fraction of sp³-hybridized carbons (Fsp3) is 0.579. The maximum Gasteiger partial charge on any atom is 0.118 e. The fourth-order valence-electron chi connectivity index (χ4n) is 1.92. The van der Waals surface area contributed by atoms with Crippen molar-refractivity contribution >= 4 is 0 Å². The first-order valence-corrected chi connectivity index (χ1v) is 7.97. The van der Waals surface area contributed by atoms with Gasteiger partial charge in [0.25, 0.3) is 0 Å². The lowest BCUT2D eigenvalue weighted by atomic mass is 10.0. The molecule has 120 valence electrons. The summed E-state index contributed by atoms with van der Waals surface area (Å²) in [6.07, 6.45) is 14.8. The van der Waals surface area contributed by atoms with E-state index in [-0.39, 0.29) is 0 Å². The van der Waals surface area contributed by atoms with E-state index in [1.807, 2.05) is 12.2 Å². The molecular formula is C19H32O2. The first-order valence-electron chi connectivity index (χ1n) is 7.97. The van der Waals surface area contributed by atoms with Crippen LogP contribution in [0.5, 0.6) is 0 Å². The van der Waals surface area contributed by atoms with Gasteiger partial charge in [0.1, 0.15) is 5.76 Å². The molecule has 0 aromatic carbocycles. The van der Waals surface area contributed by atoms with E-state index in [0.29, 0.717) is 12.5 Å². The molecule has 0 saturated heterocycles. The van der Waals surface area contributed by atoms with Crippen LogP contribution >= 0.6 is 0 Å². The van der Waals surface area contributed by atoms with Crippen LogP contribution in [0.1, 0.15) is 46.5 Å². The molecule has 0 aliphatic rings. The van der Waals surface area contributed by atoms with Crippen molar-refractivity contribution in [2.75, 3.05) is 20.3 Å². The second kappa shape index (κ2) is 13.7. The zero-order chi connectivity index (χ0) is 15.9. The van der Waals surface area contributed by atoms with Crippen molar-refractivity contribution in [1.82, 2.24) is 0 Å². The Kier molecular flexibility index (Phi) is 12.9. The zero-order valence-electron chi connectivity index (χ0n) is 14.2. The molecule has 0 N–H and O–H groups in total. The minimum Gasteiger partial charge on any atom is -0.497 e. The second-order valence-electron chi connectivity index (χ2n) is 5.24. The molecule has 0 aromatic heterocycles. The van der Waals surface area contributed by atoms with Crippen molar-refractivity contribution < 1.29 is 9.47 Å². The number of hydrogen-bond donors (Lipinski definition) is 0. The van der Waals surface area contributed by atoms with E-state index in [0.717, 1.165) is 17.9 Å². The Hall–Kier alpha value is -1.28. The van der Waals surface area contributed by atoms with Gasteiger partial charge in [0.05, 0.1) is 13.7 Å². The van der Waals surface area contributed by atoms with Crippen molar-refractivity contribution in [1.29, 1.82) is 0 Å². The van der Waals surface area contributed by atoms with Gasteiger partial charge in [-0.3, -0.25) is 0 Å². The first-order chi connectivity index (χ1) is 10.2. The summed E-state index contributed by atoms with van der Waals surface area (Å²) < 4.78 is 10.8. The van der Waals surface area contributed by atoms with Crippen molar-refractivity contribution in [3.05, 3.63) is 48.3 Å². The van der Waals surface area contributed by atoms with Crippen LogP contribution < -0.4 is 0 Å². The normalized spacial score (nSPS) is 14.5. The lowest BCUT2D eigenvalue weighted by Crippen LogP contribution is -2.08. The second-order valence-corrected chi connectivity index (χ2v) is 5.24. The highest BCUT2D eigenvalue weighted by molar-refractivity contribution is 5.25. The Bertz CT molecular complexity index is 351. The van der Waals surface area contributed by atoms with Gasteiger partial charge in [-0.2, -0.15) is 0 Å². The zero-order valence-corrected chi connectivity index (χ0v) is 14.2. The standard InChI is InChI=1S/C19H32O2/c1-6-9-12-18(7-2)16-21-15-10-11-17(4)13-14-19(8-3)20-5/h8,10-11,13-14,18H,3,6-7,9,12,15-16H2,1-2,4-5H3/b11-10+,17-13+,19-14+. The quantitative estimate of drug-likeness (QED) is 0.271. The topological polar surface area (TPSA) is 18.5 Å². The number of unbranched alkanes of at least 4 members (excludes halogenated alkanes) is 1. The van der Waals surface area contributed by atoms with Crippen molar-refractivity contribution in [3.63, 3.8) is 0 Å². The van der Waals surface area contributed by atoms with Gasteiger partial charge in [0.15, 0.2) is 0 Å². The predicted molar refractivity (Wildman–Crippen MR) is 92.3 cm³/mol. The van der Waals surface area contributed by atoms with Crippen molar-refractivity contribution in [2.45, 2.75) is 46.5 Å². The van der Waals surface area contributed by atoms with Crippen LogP contribution in [0.4, 0.5) is 0 Å². The third kappa shape index (κ3) is 11.1. The Morgan fingerprint density at radius 3 is 2.57 bits per heavy atom.